The minimum Gasteiger partial charge on any atom is -0.469 e. The quantitative estimate of drug-likeness (QED) is 0.756. The van der Waals surface area contributed by atoms with Gasteiger partial charge in [-0.1, -0.05) is 13.0 Å². The van der Waals surface area contributed by atoms with E-state index >= 15 is 0 Å². The van der Waals surface area contributed by atoms with Crippen LogP contribution in [0, 0.1) is 0 Å². The predicted octanol–water partition coefficient (Wildman–Crippen LogP) is 2.11. The predicted molar refractivity (Wildman–Crippen MR) is 83.5 cm³/mol. The summed E-state index contributed by atoms with van der Waals surface area (Å²) in [6, 6.07) is 6.76. The smallest absolute Gasteiger partial charge is 0.306 e. The summed E-state index contributed by atoms with van der Waals surface area (Å²) in [4.78, 5) is 34.7. The van der Waals surface area contributed by atoms with Gasteiger partial charge < -0.3 is 15.4 Å². The third kappa shape index (κ3) is 5.95. The number of carbonyl (C=O) groups is 3. The van der Waals surface area contributed by atoms with Gasteiger partial charge in [-0.3, -0.25) is 14.4 Å². The van der Waals surface area contributed by atoms with Crippen LogP contribution in [0.5, 0.6) is 0 Å². The van der Waals surface area contributed by atoms with E-state index in [4.69, 9.17) is 0 Å². The van der Waals surface area contributed by atoms with Crippen LogP contribution in [0.1, 0.15) is 43.5 Å². The second-order valence-electron chi connectivity index (χ2n) is 4.99. The Bertz CT molecular complexity index is 543. The van der Waals surface area contributed by atoms with Crippen molar-refractivity contribution in [3.63, 3.8) is 0 Å². The Morgan fingerprint density at radius 2 is 1.95 bits per heavy atom. The molecule has 0 heterocycles. The molecule has 1 aromatic carbocycles. The average molecular weight is 306 g/mol. The van der Waals surface area contributed by atoms with Gasteiger partial charge in [-0.2, -0.15) is 0 Å². The van der Waals surface area contributed by atoms with E-state index in [1.54, 1.807) is 24.3 Å². The van der Waals surface area contributed by atoms with Gasteiger partial charge in [0.25, 0.3) is 5.91 Å². The molecule has 1 unspecified atom stereocenters. The van der Waals surface area contributed by atoms with Crippen LogP contribution in [0.15, 0.2) is 24.3 Å². The van der Waals surface area contributed by atoms with Crippen molar-refractivity contribution in [2.75, 3.05) is 12.4 Å². The molecule has 120 valence electrons. The number of hydrogen-bond donors (Lipinski definition) is 2. The summed E-state index contributed by atoms with van der Waals surface area (Å²) in [5.74, 6) is -0.915. The van der Waals surface area contributed by atoms with Crippen LogP contribution in [0.2, 0.25) is 0 Å². The van der Waals surface area contributed by atoms with E-state index in [0.717, 1.165) is 6.42 Å². The minimum absolute atomic E-state index is 0.0243. The third-order valence-corrected chi connectivity index (χ3v) is 3.18. The van der Waals surface area contributed by atoms with E-state index in [2.05, 4.69) is 15.4 Å². The Morgan fingerprint density at radius 1 is 1.23 bits per heavy atom. The topological polar surface area (TPSA) is 84.5 Å². The van der Waals surface area contributed by atoms with Crippen LogP contribution in [-0.2, 0) is 14.3 Å². The highest BCUT2D eigenvalue weighted by Crippen LogP contribution is 2.12. The molecule has 1 atom stereocenters. The van der Waals surface area contributed by atoms with Crippen LogP contribution in [0.25, 0.3) is 0 Å². The van der Waals surface area contributed by atoms with Crippen molar-refractivity contribution >= 4 is 23.5 Å². The number of rotatable bonds is 7. The Morgan fingerprint density at radius 3 is 2.59 bits per heavy atom. The molecule has 0 aliphatic carbocycles. The van der Waals surface area contributed by atoms with E-state index in [-0.39, 0.29) is 30.7 Å². The summed E-state index contributed by atoms with van der Waals surface area (Å²) in [7, 11) is 1.28. The van der Waals surface area contributed by atoms with Gasteiger partial charge in [-0.05, 0) is 31.5 Å². The van der Waals surface area contributed by atoms with Gasteiger partial charge in [-0.25, -0.2) is 0 Å². The highest BCUT2D eigenvalue weighted by molar-refractivity contribution is 5.97. The van der Waals surface area contributed by atoms with Crippen molar-refractivity contribution in [2.45, 2.75) is 39.2 Å². The minimum atomic E-state index is -0.433. The van der Waals surface area contributed by atoms with Crippen molar-refractivity contribution in [3.05, 3.63) is 29.8 Å². The Balaban J connectivity index is 2.62. The maximum atomic E-state index is 12.0. The van der Waals surface area contributed by atoms with Crippen LogP contribution in [-0.4, -0.2) is 30.9 Å². The molecule has 0 aliphatic rings. The lowest BCUT2D eigenvalue weighted by molar-refractivity contribution is -0.141. The molecule has 0 saturated heterocycles. The molecule has 0 fully saturated rings. The maximum Gasteiger partial charge on any atom is 0.306 e. The molecule has 0 radical (unpaired) electrons. The maximum absolute atomic E-state index is 12.0. The van der Waals surface area contributed by atoms with Gasteiger partial charge in [0.1, 0.15) is 0 Å². The number of amides is 2. The van der Waals surface area contributed by atoms with Crippen molar-refractivity contribution < 1.29 is 19.1 Å². The molecule has 2 amide bonds. The Hall–Kier alpha value is -2.37. The summed E-state index contributed by atoms with van der Waals surface area (Å²) >= 11 is 0. The number of benzene rings is 1. The van der Waals surface area contributed by atoms with E-state index in [9.17, 15) is 14.4 Å². The second-order valence-corrected chi connectivity index (χ2v) is 4.99. The lowest BCUT2D eigenvalue weighted by Crippen LogP contribution is -2.31. The van der Waals surface area contributed by atoms with Gasteiger partial charge in [-0.15, -0.1) is 0 Å². The van der Waals surface area contributed by atoms with Crippen LogP contribution in [0.3, 0.4) is 0 Å². The fraction of sp³-hybridized carbons (Fsp3) is 0.438. The van der Waals surface area contributed by atoms with Gasteiger partial charge in [0, 0.05) is 23.7 Å². The van der Waals surface area contributed by atoms with E-state index in [0.29, 0.717) is 11.3 Å². The standard InChI is InChI=1S/C16H22N2O4/c1-4-11(2)17-16(21)12-6-5-7-13(10-12)18-14(19)8-9-15(20)22-3/h5-7,10-11H,4,8-9H2,1-3H3,(H,17,21)(H,18,19). The molecule has 0 spiro atoms. The van der Waals surface area contributed by atoms with Gasteiger partial charge in [0.05, 0.1) is 13.5 Å². The van der Waals surface area contributed by atoms with E-state index in [1.165, 1.54) is 7.11 Å². The zero-order chi connectivity index (χ0) is 16.5. The number of methoxy groups -OCH3 is 1. The highest BCUT2D eigenvalue weighted by Gasteiger charge is 2.11. The summed E-state index contributed by atoms with van der Waals surface area (Å²) < 4.78 is 4.48. The molecule has 6 heteroatoms. The molecule has 2 N–H and O–H groups in total. The van der Waals surface area contributed by atoms with Gasteiger partial charge in [0.2, 0.25) is 5.91 Å². The first kappa shape index (κ1) is 17.7. The fourth-order valence-corrected chi connectivity index (χ4v) is 1.69. The largest absolute Gasteiger partial charge is 0.469 e. The lowest BCUT2D eigenvalue weighted by Gasteiger charge is -2.12. The molecular formula is C16H22N2O4. The lowest BCUT2D eigenvalue weighted by atomic mass is 10.1. The van der Waals surface area contributed by atoms with E-state index < -0.39 is 5.97 Å². The van der Waals surface area contributed by atoms with Crippen molar-refractivity contribution in [1.82, 2.24) is 5.32 Å². The van der Waals surface area contributed by atoms with Crippen molar-refractivity contribution in [1.29, 1.82) is 0 Å². The van der Waals surface area contributed by atoms with Crippen molar-refractivity contribution in [3.8, 4) is 0 Å². The molecule has 0 saturated carbocycles. The summed E-state index contributed by atoms with van der Waals surface area (Å²) in [5.41, 5.74) is 0.998. The molecular weight excluding hydrogens is 284 g/mol. The van der Waals surface area contributed by atoms with Gasteiger partial charge in [0.15, 0.2) is 0 Å². The number of hydrogen-bond acceptors (Lipinski definition) is 4. The fourth-order valence-electron chi connectivity index (χ4n) is 1.69. The molecule has 0 aliphatic heterocycles. The zero-order valence-corrected chi connectivity index (χ0v) is 13.1. The SMILES string of the molecule is CCC(C)NC(=O)c1cccc(NC(=O)CCC(=O)OC)c1. The third-order valence-electron chi connectivity index (χ3n) is 3.18. The van der Waals surface area contributed by atoms with Crippen LogP contribution in [0.4, 0.5) is 5.69 Å². The number of ether oxygens (including phenoxy) is 1. The van der Waals surface area contributed by atoms with Gasteiger partial charge >= 0.3 is 5.97 Å². The number of esters is 1. The van der Waals surface area contributed by atoms with Crippen LogP contribution >= 0.6 is 0 Å². The van der Waals surface area contributed by atoms with Crippen molar-refractivity contribution in [2.24, 2.45) is 0 Å². The zero-order valence-electron chi connectivity index (χ0n) is 13.1. The first-order valence-corrected chi connectivity index (χ1v) is 7.23. The molecule has 22 heavy (non-hydrogen) atoms. The Labute approximate surface area is 130 Å². The monoisotopic (exact) mass is 306 g/mol. The second kappa shape index (κ2) is 8.81. The molecule has 1 rings (SSSR count). The summed E-state index contributed by atoms with van der Waals surface area (Å²) in [5, 5.41) is 5.52. The first-order valence-electron chi connectivity index (χ1n) is 7.23. The number of carbonyl (C=O) groups excluding carboxylic acids is 3. The summed E-state index contributed by atoms with van der Waals surface area (Å²) in [6.07, 6.45) is 0.905. The Kier molecular flexibility index (Phi) is 7.08. The average Bonchev–Trinajstić information content (AvgIpc) is 2.52. The number of nitrogens with one attached hydrogen (secondary N) is 2. The normalized spacial score (nSPS) is 11.4. The molecule has 1 aromatic rings. The number of anilines is 1. The molecule has 0 bridgehead atoms. The highest BCUT2D eigenvalue weighted by atomic mass is 16.5. The molecule has 6 nitrogen and oxygen atoms in total. The van der Waals surface area contributed by atoms with E-state index in [1.807, 2.05) is 13.8 Å². The first-order chi connectivity index (χ1) is 10.5. The molecule has 0 aromatic heterocycles. The summed E-state index contributed by atoms with van der Waals surface area (Å²) in [6.45, 7) is 3.92. The van der Waals surface area contributed by atoms with Crippen LogP contribution < -0.4 is 10.6 Å².